The van der Waals surface area contributed by atoms with Gasteiger partial charge < -0.3 is 9.84 Å². The lowest BCUT2D eigenvalue weighted by Gasteiger charge is -2.05. The molecule has 3 aromatic rings. The molecule has 3 heterocycles. The maximum absolute atomic E-state index is 11.9. The zero-order chi connectivity index (χ0) is 17.6. The molecule has 1 amide bonds. The Morgan fingerprint density at radius 2 is 2.20 bits per heavy atom. The maximum atomic E-state index is 11.9. The van der Waals surface area contributed by atoms with Crippen LogP contribution in [-0.4, -0.2) is 37.4 Å². The van der Waals surface area contributed by atoms with E-state index in [-0.39, 0.29) is 23.9 Å². The highest BCUT2D eigenvalue weighted by molar-refractivity contribution is 5.75. The molecular formula is C16H16N6O3. The molecule has 0 aromatic carbocycles. The first-order valence-electron chi connectivity index (χ1n) is 7.76. The minimum absolute atomic E-state index is 0.154. The molecule has 0 aliphatic carbocycles. The molecule has 9 heteroatoms. The summed E-state index contributed by atoms with van der Waals surface area (Å²) < 4.78 is 6.27. The van der Waals surface area contributed by atoms with Gasteiger partial charge in [-0.2, -0.15) is 10.1 Å². The van der Waals surface area contributed by atoms with E-state index < -0.39 is 0 Å². The molecule has 128 valence electrons. The molecule has 0 atom stereocenters. The van der Waals surface area contributed by atoms with Crippen molar-refractivity contribution in [3.63, 3.8) is 0 Å². The van der Waals surface area contributed by atoms with Crippen molar-refractivity contribution in [2.45, 2.75) is 19.9 Å². The summed E-state index contributed by atoms with van der Waals surface area (Å²) in [7, 11) is 0. The Balaban J connectivity index is 1.84. The molecule has 0 bridgehead atoms. The van der Waals surface area contributed by atoms with E-state index in [1.807, 2.05) is 6.92 Å². The third-order valence-corrected chi connectivity index (χ3v) is 3.30. The highest BCUT2D eigenvalue weighted by atomic mass is 16.5. The second kappa shape index (κ2) is 7.47. The fraction of sp³-hybridized carbons (Fsp3) is 0.250. The molecule has 3 aromatic heterocycles. The summed E-state index contributed by atoms with van der Waals surface area (Å²) in [4.78, 5) is 31.9. The van der Waals surface area contributed by atoms with Crippen molar-refractivity contribution in [3.05, 3.63) is 47.0 Å². The number of carbonyl (C=O) groups is 1. The predicted octanol–water partition coefficient (Wildman–Crippen LogP) is 0.881. The molecule has 0 radical (unpaired) electrons. The van der Waals surface area contributed by atoms with E-state index in [0.717, 1.165) is 11.1 Å². The first-order valence-corrected chi connectivity index (χ1v) is 7.76. The van der Waals surface area contributed by atoms with Gasteiger partial charge in [0.25, 0.3) is 11.4 Å². The van der Waals surface area contributed by atoms with Crippen LogP contribution >= 0.6 is 0 Å². The van der Waals surface area contributed by atoms with Crippen LogP contribution in [0.5, 0.6) is 0 Å². The summed E-state index contributed by atoms with van der Waals surface area (Å²) >= 11 is 0. The molecule has 0 spiro atoms. The molecule has 0 fully saturated rings. The highest BCUT2D eigenvalue weighted by Gasteiger charge is 2.14. The molecule has 9 nitrogen and oxygen atoms in total. The quantitative estimate of drug-likeness (QED) is 0.708. The first kappa shape index (κ1) is 16.5. The average Bonchev–Trinajstić information content (AvgIpc) is 3.13. The average molecular weight is 340 g/mol. The van der Waals surface area contributed by atoms with Crippen molar-refractivity contribution in [2.24, 2.45) is 0 Å². The van der Waals surface area contributed by atoms with Gasteiger partial charge in [0.05, 0.1) is 0 Å². The normalized spacial score (nSPS) is 10.6. The zero-order valence-electron chi connectivity index (χ0n) is 13.5. The van der Waals surface area contributed by atoms with Crippen LogP contribution in [0.15, 0.2) is 46.0 Å². The number of aromatic nitrogens is 5. The van der Waals surface area contributed by atoms with Gasteiger partial charge in [-0.25, -0.2) is 4.68 Å². The molecule has 0 aliphatic rings. The van der Waals surface area contributed by atoms with Crippen molar-refractivity contribution in [1.82, 2.24) is 30.2 Å². The Bertz CT molecular complexity index is 919. The third-order valence-electron chi connectivity index (χ3n) is 3.30. The summed E-state index contributed by atoms with van der Waals surface area (Å²) in [5, 5.41) is 10.7. The summed E-state index contributed by atoms with van der Waals surface area (Å²) in [6.45, 7) is 2.32. The van der Waals surface area contributed by atoms with Gasteiger partial charge in [0, 0.05) is 30.6 Å². The topological polar surface area (TPSA) is 116 Å². The number of pyridine rings is 1. The molecule has 0 saturated heterocycles. The molecule has 0 unspecified atom stereocenters. The minimum atomic E-state index is -0.387. The summed E-state index contributed by atoms with van der Waals surface area (Å²) in [6, 6.07) is 6.35. The van der Waals surface area contributed by atoms with E-state index in [1.165, 1.54) is 12.1 Å². The zero-order valence-corrected chi connectivity index (χ0v) is 13.5. The van der Waals surface area contributed by atoms with E-state index in [2.05, 4.69) is 25.5 Å². The van der Waals surface area contributed by atoms with Crippen molar-refractivity contribution < 1.29 is 9.32 Å². The molecule has 3 rings (SSSR count). The third kappa shape index (κ3) is 3.94. The van der Waals surface area contributed by atoms with Crippen molar-refractivity contribution >= 4 is 5.91 Å². The van der Waals surface area contributed by atoms with Crippen LogP contribution in [0.4, 0.5) is 0 Å². The van der Waals surface area contributed by atoms with Gasteiger partial charge in [-0.05, 0) is 24.6 Å². The number of nitrogens with zero attached hydrogens (tertiary/aromatic N) is 5. The molecule has 0 aliphatic heterocycles. The van der Waals surface area contributed by atoms with Crippen molar-refractivity contribution in [3.8, 4) is 23.0 Å². The maximum Gasteiger partial charge on any atom is 0.278 e. The van der Waals surface area contributed by atoms with Crippen LogP contribution in [-0.2, 0) is 11.3 Å². The smallest absolute Gasteiger partial charge is 0.278 e. The molecular weight excluding hydrogens is 324 g/mol. The lowest BCUT2D eigenvalue weighted by atomic mass is 10.3. The van der Waals surface area contributed by atoms with E-state index in [0.29, 0.717) is 23.6 Å². The number of hydrogen-bond donors (Lipinski definition) is 1. The standard InChI is InChI=1S/C16H16N6O3/c1-2-7-18-13(23)10-22-14(24)6-5-12(20-22)16-19-15(21-25-16)11-4-3-8-17-9-11/h3-6,8-9H,2,7,10H2,1H3,(H,18,23). The van der Waals surface area contributed by atoms with Crippen LogP contribution < -0.4 is 10.9 Å². The number of carbonyl (C=O) groups excluding carboxylic acids is 1. The second-order valence-electron chi connectivity index (χ2n) is 5.23. The number of amides is 1. The highest BCUT2D eigenvalue weighted by Crippen LogP contribution is 2.19. The SMILES string of the molecule is CCCNC(=O)Cn1nc(-c2nc(-c3cccnc3)no2)ccc1=O. The Morgan fingerprint density at radius 3 is 2.96 bits per heavy atom. The van der Waals surface area contributed by atoms with Gasteiger partial charge in [0.2, 0.25) is 11.7 Å². The number of rotatable bonds is 6. The fourth-order valence-corrected chi connectivity index (χ4v) is 2.07. The number of hydrogen-bond acceptors (Lipinski definition) is 7. The summed E-state index contributed by atoms with van der Waals surface area (Å²) in [6.07, 6.45) is 4.07. The van der Waals surface area contributed by atoms with Gasteiger partial charge in [-0.15, -0.1) is 0 Å². The van der Waals surface area contributed by atoms with Gasteiger partial charge in [-0.3, -0.25) is 14.6 Å². The molecule has 1 N–H and O–H groups in total. The lowest BCUT2D eigenvalue weighted by molar-refractivity contribution is -0.121. The second-order valence-corrected chi connectivity index (χ2v) is 5.23. The predicted molar refractivity (Wildman–Crippen MR) is 88.3 cm³/mol. The van der Waals surface area contributed by atoms with Crippen LogP contribution in [0.2, 0.25) is 0 Å². The van der Waals surface area contributed by atoms with E-state index in [4.69, 9.17) is 4.52 Å². The largest absolute Gasteiger partial charge is 0.355 e. The van der Waals surface area contributed by atoms with Crippen LogP contribution in [0.3, 0.4) is 0 Å². The molecule has 0 saturated carbocycles. The molecule has 25 heavy (non-hydrogen) atoms. The van der Waals surface area contributed by atoms with Crippen LogP contribution in [0, 0.1) is 0 Å². The minimum Gasteiger partial charge on any atom is -0.355 e. The Labute approximate surface area is 142 Å². The van der Waals surface area contributed by atoms with E-state index >= 15 is 0 Å². The first-order chi connectivity index (χ1) is 12.2. The van der Waals surface area contributed by atoms with Gasteiger partial charge >= 0.3 is 0 Å². The number of nitrogens with one attached hydrogen (secondary N) is 1. The van der Waals surface area contributed by atoms with E-state index in [9.17, 15) is 9.59 Å². The van der Waals surface area contributed by atoms with Gasteiger partial charge in [0.1, 0.15) is 12.2 Å². The monoisotopic (exact) mass is 340 g/mol. The van der Waals surface area contributed by atoms with Crippen LogP contribution in [0.25, 0.3) is 23.0 Å². The van der Waals surface area contributed by atoms with Gasteiger partial charge in [0.15, 0.2) is 0 Å². The Morgan fingerprint density at radius 1 is 1.32 bits per heavy atom. The summed E-state index contributed by atoms with van der Waals surface area (Å²) in [5.74, 6) is 0.236. The van der Waals surface area contributed by atoms with Crippen LogP contribution in [0.1, 0.15) is 13.3 Å². The van der Waals surface area contributed by atoms with Crippen molar-refractivity contribution in [2.75, 3.05) is 6.54 Å². The van der Waals surface area contributed by atoms with Gasteiger partial charge in [-0.1, -0.05) is 12.1 Å². The van der Waals surface area contributed by atoms with E-state index in [1.54, 1.807) is 24.5 Å². The fourth-order valence-electron chi connectivity index (χ4n) is 2.07. The lowest BCUT2D eigenvalue weighted by Crippen LogP contribution is -2.33. The summed E-state index contributed by atoms with van der Waals surface area (Å²) in [5.41, 5.74) is 0.623. The Hall–Kier alpha value is -3.36. The van der Waals surface area contributed by atoms with Crippen molar-refractivity contribution in [1.29, 1.82) is 0 Å². The Kier molecular flexibility index (Phi) is 4.93.